The maximum Gasteiger partial charge on any atom is 0.123 e. The molecule has 0 radical (unpaired) electrons. The highest BCUT2D eigenvalue weighted by atomic mass is 19.1. The van der Waals surface area contributed by atoms with Crippen LogP contribution in [0.3, 0.4) is 0 Å². The van der Waals surface area contributed by atoms with Gasteiger partial charge in [0.1, 0.15) is 5.82 Å². The van der Waals surface area contributed by atoms with E-state index in [-0.39, 0.29) is 11.7 Å². The number of nitrogens with one attached hydrogen (secondary N) is 1. The Bertz CT molecular complexity index is 313. The third kappa shape index (κ3) is 3.06. The van der Waals surface area contributed by atoms with Gasteiger partial charge in [0.2, 0.25) is 0 Å². The second kappa shape index (κ2) is 5.23. The molecule has 0 aromatic heterocycles. The second-order valence-electron chi connectivity index (χ2n) is 3.12. The van der Waals surface area contributed by atoms with Crippen LogP contribution in [0, 0.1) is 23.1 Å². The van der Waals surface area contributed by atoms with Crippen LogP contribution in [0.5, 0.6) is 0 Å². The Kier molecular flexibility index (Phi) is 3.93. The number of hydrogen-bond acceptors (Lipinski definition) is 2. The summed E-state index contributed by atoms with van der Waals surface area (Å²) in [5, 5.41) is 11.8. The van der Waals surface area contributed by atoms with Gasteiger partial charge in [-0.05, 0) is 30.7 Å². The minimum absolute atomic E-state index is 0.0139. The molecule has 0 spiro atoms. The highest BCUT2D eigenvalue weighted by Crippen LogP contribution is 2.09. The lowest BCUT2D eigenvalue weighted by Crippen LogP contribution is -2.11. The number of halogens is 1. The topological polar surface area (TPSA) is 35.8 Å². The number of benzene rings is 1. The van der Waals surface area contributed by atoms with Gasteiger partial charge in [-0.1, -0.05) is 6.92 Å². The van der Waals surface area contributed by atoms with E-state index in [4.69, 9.17) is 5.26 Å². The van der Waals surface area contributed by atoms with Gasteiger partial charge in [-0.2, -0.15) is 5.26 Å². The van der Waals surface area contributed by atoms with Gasteiger partial charge in [-0.25, -0.2) is 4.39 Å². The summed E-state index contributed by atoms with van der Waals surface area (Å²) in [7, 11) is 0. The predicted molar refractivity (Wildman–Crippen MR) is 54.3 cm³/mol. The number of nitrogens with zero attached hydrogens (tertiary/aromatic N) is 1. The van der Waals surface area contributed by atoms with Crippen molar-refractivity contribution in [3.05, 3.63) is 30.1 Å². The molecular formula is C11H13FN2. The number of rotatable bonds is 4. The molecule has 0 bridgehead atoms. The molecular weight excluding hydrogens is 179 g/mol. The van der Waals surface area contributed by atoms with Gasteiger partial charge in [-0.15, -0.1) is 0 Å². The van der Waals surface area contributed by atoms with Crippen LogP contribution in [0.2, 0.25) is 0 Å². The molecule has 0 amide bonds. The van der Waals surface area contributed by atoms with Crippen LogP contribution in [-0.4, -0.2) is 6.54 Å². The molecule has 0 fully saturated rings. The Morgan fingerprint density at radius 1 is 1.43 bits per heavy atom. The lowest BCUT2D eigenvalue weighted by atomic mass is 10.1. The van der Waals surface area contributed by atoms with Crippen LogP contribution in [0.25, 0.3) is 0 Å². The third-order valence-electron chi connectivity index (χ3n) is 2.07. The van der Waals surface area contributed by atoms with E-state index in [2.05, 4.69) is 11.4 Å². The van der Waals surface area contributed by atoms with Crippen molar-refractivity contribution in [2.24, 2.45) is 5.92 Å². The normalized spacial score (nSPS) is 11.8. The molecule has 1 unspecified atom stereocenters. The van der Waals surface area contributed by atoms with Crippen molar-refractivity contribution in [2.75, 3.05) is 11.9 Å². The van der Waals surface area contributed by atoms with Gasteiger partial charge in [0.15, 0.2) is 0 Å². The fourth-order valence-corrected chi connectivity index (χ4v) is 1.09. The third-order valence-corrected chi connectivity index (χ3v) is 2.07. The number of hydrogen-bond donors (Lipinski definition) is 1. The SMILES string of the molecule is CCC(C#N)CNc1ccc(F)cc1. The van der Waals surface area contributed by atoms with Crippen LogP contribution in [0.4, 0.5) is 10.1 Å². The summed E-state index contributed by atoms with van der Waals surface area (Å²) < 4.78 is 12.5. The van der Waals surface area contributed by atoms with E-state index in [1.165, 1.54) is 12.1 Å². The fourth-order valence-electron chi connectivity index (χ4n) is 1.09. The van der Waals surface area contributed by atoms with Crippen LogP contribution < -0.4 is 5.32 Å². The Balaban J connectivity index is 2.46. The van der Waals surface area contributed by atoms with Crippen molar-refractivity contribution in [1.82, 2.24) is 0 Å². The first-order chi connectivity index (χ1) is 6.76. The van der Waals surface area contributed by atoms with Crippen molar-refractivity contribution in [3.63, 3.8) is 0 Å². The molecule has 74 valence electrons. The monoisotopic (exact) mass is 192 g/mol. The molecule has 1 rings (SSSR count). The molecule has 14 heavy (non-hydrogen) atoms. The van der Waals surface area contributed by atoms with E-state index in [1.54, 1.807) is 12.1 Å². The Morgan fingerprint density at radius 3 is 2.57 bits per heavy atom. The molecule has 1 atom stereocenters. The zero-order chi connectivity index (χ0) is 10.4. The zero-order valence-electron chi connectivity index (χ0n) is 8.13. The minimum Gasteiger partial charge on any atom is -0.384 e. The molecule has 0 saturated heterocycles. The Hall–Kier alpha value is -1.56. The van der Waals surface area contributed by atoms with Crippen LogP contribution >= 0.6 is 0 Å². The number of nitriles is 1. The summed E-state index contributed by atoms with van der Waals surface area (Å²) in [6.07, 6.45) is 0.824. The molecule has 0 aliphatic rings. The molecule has 1 aromatic carbocycles. The maximum atomic E-state index is 12.5. The summed E-state index contributed by atoms with van der Waals surface area (Å²) in [4.78, 5) is 0. The van der Waals surface area contributed by atoms with Crippen molar-refractivity contribution >= 4 is 5.69 Å². The van der Waals surface area contributed by atoms with E-state index >= 15 is 0 Å². The standard InChI is InChI=1S/C11H13FN2/c1-2-9(7-13)8-14-11-5-3-10(12)4-6-11/h3-6,9,14H,2,8H2,1H3. The van der Waals surface area contributed by atoms with Crippen molar-refractivity contribution in [1.29, 1.82) is 5.26 Å². The highest BCUT2D eigenvalue weighted by Gasteiger charge is 2.03. The minimum atomic E-state index is -0.247. The van der Waals surface area contributed by atoms with Crippen LogP contribution in [-0.2, 0) is 0 Å². The molecule has 0 aliphatic heterocycles. The van der Waals surface area contributed by atoms with Gasteiger partial charge in [-0.3, -0.25) is 0 Å². The maximum absolute atomic E-state index is 12.5. The zero-order valence-corrected chi connectivity index (χ0v) is 8.13. The van der Waals surface area contributed by atoms with Gasteiger partial charge in [0, 0.05) is 12.2 Å². The van der Waals surface area contributed by atoms with Gasteiger partial charge >= 0.3 is 0 Å². The largest absolute Gasteiger partial charge is 0.384 e. The van der Waals surface area contributed by atoms with Crippen LogP contribution in [0.1, 0.15) is 13.3 Å². The second-order valence-corrected chi connectivity index (χ2v) is 3.12. The summed E-state index contributed by atoms with van der Waals surface area (Å²) in [6.45, 7) is 2.58. The average Bonchev–Trinajstić information content (AvgIpc) is 2.22. The van der Waals surface area contributed by atoms with E-state index in [0.717, 1.165) is 12.1 Å². The van der Waals surface area contributed by atoms with Crippen molar-refractivity contribution < 1.29 is 4.39 Å². The average molecular weight is 192 g/mol. The summed E-state index contributed by atoms with van der Waals surface area (Å²) in [5.41, 5.74) is 0.847. The van der Waals surface area contributed by atoms with Gasteiger partial charge in [0.05, 0.1) is 12.0 Å². The van der Waals surface area contributed by atoms with Crippen molar-refractivity contribution in [2.45, 2.75) is 13.3 Å². The molecule has 1 aromatic rings. The van der Waals surface area contributed by atoms with Crippen LogP contribution in [0.15, 0.2) is 24.3 Å². The van der Waals surface area contributed by atoms with E-state index in [1.807, 2.05) is 6.92 Å². The Morgan fingerprint density at radius 2 is 2.07 bits per heavy atom. The van der Waals surface area contributed by atoms with E-state index in [0.29, 0.717) is 6.54 Å². The van der Waals surface area contributed by atoms with Gasteiger partial charge in [0.25, 0.3) is 0 Å². The predicted octanol–water partition coefficient (Wildman–Crippen LogP) is 2.79. The lowest BCUT2D eigenvalue weighted by Gasteiger charge is -2.08. The van der Waals surface area contributed by atoms with Crippen molar-refractivity contribution in [3.8, 4) is 6.07 Å². The summed E-state index contributed by atoms with van der Waals surface area (Å²) >= 11 is 0. The molecule has 0 aliphatic carbocycles. The van der Waals surface area contributed by atoms with E-state index in [9.17, 15) is 4.39 Å². The molecule has 3 heteroatoms. The quantitative estimate of drug-likeness (QED) is 0.796. The smallest absolute Gasteiger partial charge is 0.123 e. The first-order valence-electron chi connectivity index (χ1n) is 4.65. The Labute approximate surface area is 83.4 Å². The number of anilines is 1. The highest BCUT2D eigenvalue weighted by molar-refractivity contribution is 5.42. The first kappa shape index (κ1) is 10.5. The lowest BCUT2D eigenvalue weighted by molar-refractivity contribution is 0.627. The fraction of sp³-hybridized carbons (Fsp3) is 0.364. The van der Waals surface area contributed by atoms with Gasteiger partial charge < -0.3 is 5.32 Å². The first-order valence-corrected chi connectivity index (χ1v) is 4.65. The molecule has 0 heterocycles. The van der Waals surface area contributed by atoms with E-state index < -0.39 is 0 Å². The molecule has 0 saturated carbocycles. The molecule has 2 nitrogen and oxygen atoms in total. The summed E-state index contributed by atoms with van der Waals surface area (Å²) in [6, 6.07) is 8.33. The molecule has 1 N–H and O–H groups in total. The summed E-state index contributed by atoms with van der Waals surface area (Å²) in [5.74, 6) is -0.233.